The van der Waals surface area contributed by atoms with Crippen LogP contribution in [0.5, 0.6) is 0 Å². The molecule has 0 spiro atoms. The van der Waals surface area contributed by atoms with E-state index in [-0.39, 0.29) is 0 Å². The number of aliphatic imine (C=N–C) groups is 1. The Morgan fingerprint density at radius 3 is 3.25 bits per heavy atom. The number of hydrogen-bond donors (Lipinski definition) is 0. The molecule has 0 radical (unpaired) electrons. The van der Waals surface area contributed by atoms with Crippen LogP contribution in [-0.4, -0.2) is 17.3 Å². The predicted molar refractivity (Wildman–Crippen MR) is 39.6 cm³/mol. The van der Waals surface area contributed by atoms with Crippen molar-refractivity contribution >= 4 is 16.8 Å². The molecule has 0 amide bonds. The Kier molecular flexibility index (Phi) is 2.15. The van der Waals surface area contributed by atoms with Gasteiger partial charge in [-0.2, -0.15) is 0 Å². The van der Waals surface area contributed by atoms with Crippen LogP contribution in [0, 0.1) is 0 Å². The third-order valence-corrected chi connectivity index (χ3v) is 1.98. The summed E-state index contributed by atoms with van der Waals surface area (Å²) in [6.45, 7) is 4.64. The molecule has 1 heterocycles. The molecule has 1 rings (SSSR count). The highest BCUT2D eigenvalue weighted by Gasteiger charge is 2.02. The number of allylic oxidation sites excluding steroid dienone is 1. The molecule has 0 bridgehead atoms. The molecule has 2 heteroatoms. The highest BCUT2D eigenvalue weighted by molar-refractivity contribution is 8.14. The van der Waals surface area contributed by atoms with Crippen LogP contribution in [0.25, 0.3) is 0 Å². The Bertz CT molecular complexity index is 118. The van der Waals surface area contributed by atoms with Crippen molar-refractivity contribution in [2.45, 2.75) is 6.42 Å². The largest absolute Gasteiger partial charge is 0.282 e. The first-order chi connectivity index (χ1) is 3.93. The zero-order chi connectivity index (χ0) is 5.82. The van der Waals surface area contributed by atoms with Crippen molar-refractivity contribution in [2.24, 2.45) is 4.99 Å². The van der Waals surface area contributed by atoms with Gasteiger partial charge in [0, 0.05) is 18.7 Å². The molecular weight excluding hydrogens is 118 g/mol. The average molecular weight is 127 g/mol. The van der Waals surface area contributed by atoms with E-state index in [0.717, 1.165) is 13.0 Å². The molecule has 8 heavy (non-hydrogen) atoms. The maximum atomic E-state index is 4.23. The van der Waals surface area contributed by atoms with Crippen molar-refractivity contribution in [3.05, 3.63) is 12.7 Å². The third-order valence-electron chi connectivity index (χ3n) is 0.967. The lowest BCUT2D eigenvalue weighted by atomic mass is 10.5. The standard InChI is InChI=1S/C6H9NS/c1-2-3-6-7-4-5-8-6/h2H,1,3-5H2. The van der Waals surface area contributed by atoms with Crippen molar-refractivity contribution in [1.29, 1.82) is 0 Å². The number of hydrogen-bond acceptors (Lipinski definition) is 2. The smallest absolute Gasteiger partial charge is 0.0714 e. The fourth-order valence-electron chi connectivity index (χ4n) is 0.626. The summed E-state index contributed by atoms with van der Waals surface area (Å²) in [5, 5.41) is 1.25. The quantitative estimate of drug-likeness (QED) is 0.514. The zero-order valence-electron chi connectivity index (χ0n) is 4.76. The van der Waals surface area contributed by atoms with Gasteiger partial charge in [0.15, 0.2) is 0 Å². The summed E-state index contributed by atoms with van der Waals surface area (Å²) >= 11 is 1.85. The third kappa shape index (κ3) is 1.37. The molecule has 0 aromatic carbocycles. The molecule has 0 saturated heterocycles. The van der Waals surface area contributed by atoms with Gasteiger partial charge in [0.1, 0.15) is 0 Å². The molecule has 0 N–H and O–H groups in total. The fraction of sp³-hybridized carbons (Fsp3) is 0.500. The lowest BCUT2D eigenvalue weighted by Crippen LogP contribution is -1.81. The van der Waals surface area contributed by atoms with Crippen molar-refractivity contribution in [2.75, 3.05) is 12.3 Å². The van der Waals surface area contributed by atoms with Gasteiger partial charge in [-0.15, -0.1) is 18.3 Å². The van der Waals surface area contributed by atoms with Gasteiger partial charge in [0.05, 0.1) is 5.04 Å². The number of thioether (sulfide) groups is 1. The van der Waals surface area contributed by atoms with Gasteiger partial charge in [-0.25, -0.2) is 0 Å². The molecule has 0 unspecified atom stereocenters. The minimum absolute atomic E-state index is 0.963. The fourth-order valence-corrected chi connectivity index (χ4v) is 1.46. The topological polar surface area (TPSA) is 12.4 Å². The molecule has 0 aromatic rings. The maximum absolute atomic E-state index is 4.23. The predicted octanol–water partition coefficient (Wildman–Crippen LogP) is 1.71. The van der Waals surface area contributed by atoms with E-state index in [1.165, 1.54) is 10.8 Å². The van der Waals surface area contributed by atoms with Crippen LogP contribution in [0.4, 0.5) is 0 Å². The molecule has 1 nitrogen and oxygen atoms in total. The SMILES string of the molecule is C=CCC1=NCCS1. The summed E-state index contributed by atoms with van der Waals surface area (Å²) in [5.41, 5.74) is 0. The Labute approximate surface area is 53.9 Å². The summed E-state index contributed by atoms with van der Waals surface area (Å²) < 4.78 is 0. The number of nitrogens with zero attached hydrogens (tertiary/aromatic N) is 1. The monoisotopic (exact) mass is 127 g/mol. The van der Waals surface area contributed by atoms with Crippen molar-refractivity contribution in [3.8, 4) is 0 Å². The summed E-state index contributed by atoms with van der Waals surface area (Å²) in [5.74, 6) is 1.17. The molecular formula is C6H9NS. The summed E-state index contributed by atoms with van der Waals surface area (Å²) in [6.07, 6.45) is 2.86. The van der Waals surface area contributed by atoms with E-state index in [4.69, 9.17) is 0 Å². The van der Waals surface area contributed by atoms with Gasteiger partial charge in [0.2, 0.25) is 0 Å². The second-order valence-electron chi connectivity index (χ2n) is 1.62. The summed E-state index contributed by atoms with van der Waals surface area (Å²) in [6, 6.07) is 0. The molecule has 0 aromatic heterocycles. The first-order valence-electron chi connectivity index (χ1n) is 2.70. The van der Waals surface area contributed by atoms with E-state index < -0.39 is 0 Å². The van der Waals surface area contributed by atoms with Crippen LogP contribution in [-0.2, 0) is 0 Å². The molecule has 0 atom stereocenters. The van der Waals surface area contributed by atoms with Crippen LogP contribution < -0.4 is 0 Å². The average Bonchev–Trinajstić information content (AvgIpc) is 2.19. The van der Waals surface area contributed by atoms with E-state index in [1.807, 2.05) is 17.8 Å². The second-order valence-corrected chi connectivity index (χ2v) is 2.78. The summed E-state index contributed by atoms with van der Waals surface area (Å²) in [4.78, 5) is 4.23. The van der Waals surface area contributed by atoms with Gasteiger partial charge < -0.3 is 0 Å². The first-order valence-corrected chi connectivity index (χ1v) is 3.69. The zero-order valence-corrected chi connectivity index (χ0v) is 5.58. The maximum Gasteiger partial charge on any atom is 0.0714 e. The number of rotatable bonds is 2. The van der Waals surface area contributed by atoms with Crippen molar-refractivity contribution in [1.82, 2.24) is 0 Å². The van der Waals surface area contributed by atoms with Crippen molar-refractivity contribution in [3.63, 3.8) is 0 Å². The molecule has 0 fully saturated rings. The molecule has 1 aliphatic rings. The first kappa shape index (κ1) is 5.89. The Balaban J connectivity index is 2.33. The summed E-state index contributed by atoms with van der Waals surface area (Å²) in [7, 11) is 0. The minimum atomic E-state index is 0.963. The molecule has 0 saturated carbocycles. The highest BCUT2D eigenvalue weighted by Crippen LogP contribution is 2.13. The lowest BCUT2D eigenvalue weighted by molar-refractivity contribution is 1.17. The Morgan fingerprint density at radius 1 is 1.88 bits per heavy atom. The van der Waals surface area contributed by atoms with Gasteiger partial charge in [0.25, 0.3) is 0 Å². The van der Waals surface area contributed by atoms with E-state index in [0.29, 0.717) is 0 Å². The van der Waals surface area contributed by atoms with E-state index in [2.05, 4.69) is 11.6 Å². The molecule has 1 aliphatic heterocycles. The van der Waals surface area contributed by atoms with Crippen LogP contribution in [0.3, 0.4) is 0 Å². The van der Waals surface area contributed by atoms with Gasteiger partial charge in [-0.3, -0.25) is 4.99 Å². The van der Waals surface area contributed by atoms with Crippen LogP contribution in [0.2, 0.25) is 0 Å². The van der Waals surface area contributed by atoms with Crippen molar-refractivity contribution < 1.29 is 0 Å². The van der Waals surface area contributed by atoms with E-state index in [1.54, 1.807) is 0 Å². The Hall–Kier alpha value is -0.240. The van der Waals surface area contributed by atoms with Crippen LogP contribution in [0.1, 0.15) is 6.42 Å². The van der Waals surface area contributed by atoms with Gasteiger partial charge in [-0.05, 0) is 0 Å². The van der Waals surface area contributed by atoms with Crippen LogP contribution in [0.15, 0.2) is 17.6 Å². The van der Waals surface area contributed by atoms with Gasteiger partial charge >= 0.3 is 0 Å². The normalized spacial score (nSPS) is 18.2. The molecule has 0 aliphatic carbocycles. The van der Waals surface area contributed by atoms with Gasteiger partial charge in [-0.1, -0.05) is 6.08 Å². The lowest BCUT2D eigenvalue weighted by Gasteiger charge is -1.87. The molecule has 44 valence electrons. The van der Waals surface area contributed by atoms with Crippen LogP contribution >= 0.6 is 11.8 Å². The second kappa shape index (κ2) is 2.92. The van der Waals surface area contributed by atoms with E-state index in [9.17, 15) is 0 Å². The highest BCUT2D eigenvalue weighted by atomic mass is 32.2. The Morgan fingerprint density at radius 2 is 2.75 bits per heavy atom. The minimum Gasteiger partial charge on any atom is -0.282 e. The van der Waals surface area contributed by atoms with E-state index >= 15 is 0 Å².